The molecule has 8 heteroatoms. The largest absolute Gasteiger partial charge is 0.452 e. The van der Waals surface area contributed by atoms with E-state index in [1.807, 2.05) is 0 Å². The Morgan fingerprint density at radius 1 is 1.26 bits per heavy atom. The van der Waals surface area contributed by atoms with Crippen LogP contribution in [0.25, 0.3) is 0 Å². The van der Waals surface area contributed by atoms with E-state index >= 15 is 0 Å². The van der Waals surface area contributed by atoms with Crippen LogP contribution in [0.4, 0.5) is 31.9 Å². The second kappa shape index (κ2) is 6.73. The normalized spacial score (nSPS) is 10.0. The molecule has 0 atom stereocenters. The van der Waals surface area contributed by atoms with Gasteiger partial charge in [0, 0.05) is 18.4 Å². The lowest BCUT2D eigenvalue weighted by Crippen LogP contribution is -2.25. The molecular weight excluding hydrogens is 305 g/mol. The van der Waals surface area contributed by atoms with E-state index in [9.17, 15) is 19.3 Å². The van der Waals surface area contributed by atoms with Crippen molar-refractivity contribution in [1.29, 1.82) is 0 Å². The van der Waals surface area contributed by atoms with Gasteiger partial charge in [-0.3, -0.25) is 15.0 Å². The van der Waals surface area contributed by atoms with Gasteiger partial charge in [0.25, 0.3) is 5.69 Å². The van der Waals surface area contributed by atoms with E-state index in [0.717, 1.165) is 12.1 Å². The summed E-state index contributed by atoms with van der Waals surface area (Å²) in [6, 6.07) is 9.85. The van der Waals surface area contributed by atoms with Gasteiger partial charge < -0.3 is 10.1 Å². The molecule has 2 rings (SSSR count). The number of benzene rings is 2. The maximum absolute atomic E-state index is 13.1. The third-order valence-electron chi connectivity index (χ3n) is 3.14. The molecule has 23 heavy (non-hydrogen) atoms. The van der Waals surface area contributed by atoms with Crippen LogP contribution in [0.1, 0.15) is 0 Å². The molecule has 0 aromatic heterocycles. The summed E-state index contributed by atoms with van der Waals surface area (Å²) in [5, 5.41) is 13.8. The number of carbonyl (C=O) groups excluding carboxylic acids is 1. The molecule has 1 amide bonds. The third-order valence-corrected chi connectivity index (χ3v) is 3.14. The predicted octanol–water partition coefficient (Wildman–Crippen LogP) is 3.68. The van der Waals surface area contributed by atoms with Gasteiger partial charge >= 0.3 is 6.09 Å². The van der Waals surface area contributed by atoms with Crippen LogP contribution in [0.15, 0.2) is 42.5 Å². The minimum atomic E-state index is -0.683. The number of rotatable bonds is 4. The highest BCUT2D eigenvalue weighted by Crippen LogP contribution is 2.29. The lowest BCUT2D eigenvalue weighted by molar-refractivity contribution is -0.384. The Bertz CT molecular complexity index is 734. The van der Waals surface area contributed by atoms with Crippen LogP contribution in [-0.4, -0.2) is 25.2 Å². The first-order chi connectivity index (χ1) is 10.9. The van der Waals surface area contributed by atoms with Gasteiger partial charge in [-0.25, -0.2) is 9.18 Å². The number of nitrogens with one attached hydrogen (secondary N) is 1. The Balaban J connectivity index is 2.22. The van der Waals surface area contributed by atoms with E-state index in [1.54, 1.807) is 31.3 Å². The van der Waals surface area contributed by atoms with E-state index in [2.05, 4.69) is 10.1 Å². The second-order valence-electron chi connectivity index (χ2n) is 4.62. The number of hydrogen-bond donors (Lipinski definition) is 1. The highest BCUT2D eigenvalue weighted by atomic mass is 19.1. The average Bonchev–Trinajstić information content (AvgIpc) is 2.55. The smallest absolute Gasteiger partial charge is 0.413 e. The maximum Gasteiger partial charge on any atom is 0.413 e. The van der Waals surface area contributed by atoms with Gasteiger partial charge in [-0.05, 0) is 36.4 Å². The molecule has 0 aliphatic rings. The number of amides is 1. The molecule has 0 aliphatic carbocycles. The van der Waals surface area contributed by atoms with Crippen molar-refractivity contribution in [2.24, 2.45) is 0 Å². The van der Waals surface area contributed by atoms with Gasteiger partial charge in [0.1, 0.15) is 11.5 Å². The number of nitro benzene ring substituents is 1. The van der Waals surface area contributed by atoms with Crippen molar-refractivity contribution in [2.75, 3.05) is 24.4 Å². The molecule has 0 radical (unpaired) electrons. The highest BCUT2D eigenvalue weighted by Gasteiger charge is 2.15. The monoisotopic (exact) mass is 319 g/mol. The van der Waals surface area contributed by atoms with Gasteiger partial charge in [-0.2, -0.15) is 0 Å². The Labute approximate surface area is 131 Å². The summed E-state index contributed by atoms with van der Waals surface area (Å²) in [5.74, 6) is -0.683. The topological polar surface area (TPSA) is 84.7 Å². The van der Waals surface area contributed by atoms with Crippen LogP contribution in [0.2, 0.25) is 0 Å². The Hall–Kier alpha value is -3.16. The van der Waals surface area contributed by atoms with Crippen LogP contribution in [-0.2, 0) is 4.74 Å². The zero-order valence-electron chi connectivity index (χ0n) is 12.4. The quantitative estimate of drug-likeness (QED) is 0.686. The van der Waals surface area contributed by atoms with E-state index in [1.165, 1.54) is 18.1 Å². The minimum absolute atomic E-state index is 0.172. The summed E-state index contributed by atoms with van der Waals surface area (Å²) in [7, 11) is 2.83. The zero-order chi connectivity index (χ0) is 17.0. The number of halogens is 1. The SMILES string of the molecule is COC(=O)N(C)c1ccc(Nc2ccc(F)cc2[N+](=O)[O-])cc1. The van der Waals surface area contributed by atoms with Crippen molar-refractivity contribution >= 4 is 28.8 Å². The molecule has 0 bridgehead atoms. The standard InChI is InChI=1S/C15H14FN3O4/c1-18(15(20)23-2)12-6-4-11(5-7-12)17-13-8-3-10(16)9-14(13)19(21)22/h3-9,17H,1-2H3. The first-order valence-electron chi connectivity index (χ1n) is 6.55. The summed E-state index contributed by atoms with van der Waals surface area (Å²) < 4.78 is 17.7. The van der Waals surface area contributed by atoms with Crippen LogP contribution < -0.4 is 10.2 Å². The number of anilines is 3. The van der Waals surface area contributed by atoms with Crippen LogP contribution >= 0.6 is 0 Å². The molecule has 0 aliphatic heterocycles. The van der Waals surface area contributed by atoms with Crippen molar-refractivity contribution in [3.8, 4) is 0 Å². The van der Waals surface area contributed by atoms with Crippen LogP contribution in [0.3, 0.4) is 0 Å². The average molecular weight is 319 g/mol. The van der Waals surface area contributed by atoms with Crippen molar-refractivity contribution in [1.82, 2.24) is 0 Å². The Morgan fingerprint density at radius 3 is 2.48 bits per heavy atom. The number of ether oxygens (including phenoxy) is 1. The molecule has 0 saturated heterocycles. The molecule has 0 saturated carbocycles. The molecule has 120 valence electrons. The molecule has 0 unspecified atom stereocenters. The van der Waals surface area contributed by atoms with E-state index in [0.29, 0.717) is 11.4 Å². The van der Waals surface area contributed by atoms with Gasteiger partial charge in [0.05, 0.1) is 18.1 Å². The molecule has 2 aromatic carbocycles. The first-order valence-corrected chi connectivity index (χ1v) is 6.55. The number of methoxy groups -OCH3 is 1. The maximum atomic E-state index is 13.1. The fraction of sp³-hybridized carbons (Fsp3) is 0.133. The van der Waals surface area contributed by atoms with Gasteiger partial charge in [0.15, 0.2) is 0 Å². The van der Waals surface area contributed by atoms with E-state index < -0.39 is 16.8 Å². The fourth-order valence-corrected chi connectivity index (χ4v) is 1.93. The number of carbonyl (C=O) groups is 1. The van der Waals surface area contributed by atoms with Crippen molar-refractivity contribution in [3.05, 3.63) is 58.4 Å². The van der Waals surface area contributed by atoms with Crippen molar-refractivity contribution < 1.29 is 18.8 Å². The van der Waals surface area contributed by atoms with Crippen molar-refractivity contribution in [3.63, 3.8) is 0 Å². The summed E-state index contributed by atoms with van der Waals surface area (Å²) in [6.45, 7) is 0. The summed E-state index contributed by atoms with van der Waals surface area (Å²) >= 11 is 0. The minimum Gasteiger partial charge on any atom is -0.452 e. The molecule has 7 nitrogen and oxygen atoms in total. The lowest BCUT2D eigenvalue weighted by Gasteiger charge is -2.16. The molecule has 0 fully saturated rings. The number of hydrogen-bond acceptors (Lipinski definition) is 5. The zero-order valence-corrected chi connectivity index (χ0v) is 12.4. The van der Waals surface area contributed by atoms with E-state index in [-0.39, 0.29) is 11.4 Å². The first kappa shape index (κ1) is 16.2. The molecule has 0 spiro atoms. The van der Waals surface area contributed by atoms with Crippen LogP contribution in [0.5, 0.6) is 0 Å². The summed E-state index contributed by atoms with van der Waals surface area (Å²) in [5.41, 5.74) is 0.962. The molecular formula is C15H14FN3O4. The van der Waals surface area contributed by atoms with Gasteiger partial charge in [-0.15, -0.1) is 0 Å². The third kappa shape index (κ3) is 3.73. The molecule has 2 aromatic rings. The van der Waals surface area contributed by atoms with E-state index in [4.69, 9.17) is 0 Å². The second-order valence-corrected chi connectivity index (χ2v) is 4.62. The number of nitrogens with zero attached hydrogens (tertiary/aromatic N) is 2. The fourth-order valence-electron chi connectivity index (χ4n) is 1.93. The molecule has 1 N–H and O–H groups in total. The Morgan fingerprint density at radius 2 is 1.91 bits per heavy atom. The van der Waals surface area contributed by atoms with Gasteiger partial charge in [0.2, 0.25) is 0 Å². The summed E-state index contributed by atoms with van der Waals surface area (Å²) in [6.07, 6.45) is -0.514. The Kier molecular flexibility index (Phi) is 4.75. The van der Waals surface area contributed by atoms with Crippen molar-refractivity contribution in [2.45, 2.75) is 0 Å². The predicted molar refractivity (Wildman–Crippen MR) is 83.6 cm³/mol. The lowest BCUT2D eigenvalue weighted by atomic mass is 10.2. The molecule has 0 heterocycles. The van der Waals surface area contributed by atoms with Crippen LogP contribution in [0, 0.1) is 15.9 Å². The van der Waals surface area contributed by atoms with Gasteiger partial charge in [-0.1, -0.05) is 0 Å². The highest BCUT2D eigenvalue weighted by molar-refractivity contribution is 5.87. The summed E-state index contributed by atoms with van der Waals surface area (Å²) in [4.78, 5) is 23.0. The number of nitro groups is 1.